The Kier molecular flexibility index (Phi) is 5.98. The third kappa shape index (κ3) is 4.25. The molecule has 3 heterocycles. The Morgan fingerprint density at radius 1 is 1.00 bits per heavy atom. The molecule has 1 aliphatic heterocycles. The van der Waals surface area contributed by atoms with Crippen molar-refractivity contribution in [1.29, 1.82) is 0 Å². The van der Waals surface area contributed by atoms with Crippen LogP contribution in [-0.4, -0.2) is 27.2 Å². The molecule has 0 bridgehead atoms. The molecule has 1 atom stereocenters. The van der Waals surface area contributed by atoms with Crippen LogP contribution in [0.2, 0.25) is 0 Å². The minimum Gasteiger partial charge on any atom is -0.438 e. The lowest BCUT2D eigenvalue weighted by Gasteiger charge is -2.32. The van der Waals surface area contributed by atoms with E-state index in [0.29, 0.717) is 34.5 Å². The van der Waals surface area contributed by atoms with E-state index in [-0.39, 0.29) is 16.3 Å². The molecule has 0 fully saturated rings. The van der Waals surface area contributed by atoms with Crippen molar-refractivity contribution < 1.29 is 13.5 Å². The van der Waals surface area contributed by atoms with E-state index in [4.69, 9.17) is 22.1 Å². The molecule has 8 nitrogen and oxygen atoms in total. The van der Waals surface area contributed by atoms with Gasteiger partial charge in [0.15, 0.2) is 5.17 Å². The van der Waals surface area contributed by atoms with Crippen LogP contribution in [0.3, 0.4) is 0 Å². The van der Waals surface area contributed by atoms with Crippen LogP contribution in [0.15, 0.2) is 72.1 Å². The van der Waals surface area contributed by atoms with E-state index in [1.807, 2.05) is 6.07 Å². The van der Waals surface area contributed by atoms with E-state index in [0.717, 1.165) is 12.1 Å². The van der Waals surface area contributed by atoms with Crippen molar-refractivity contribution in [2.45, 2.75) is 6.17 Å². The molecule has 3 N–H and O–H groups in total. The lowest BCUT2D eigenvalue weighted by Crippen LogP contribution is -2.36. The molecule has 11 heteroatoms. The average Bonchev–Trinajstić information content (AvgIpc) is 2.88. The van der Waals surface area contributed by atoms with Gasteiger partial charge in [-0.3, -0.25) is 0 Å². The fraction of sp³-hybridized carbons (Fsp3) is 0.0833. The maximum atomic E-state index is 14.5. The van der Waals surface area contributed by atoms with E-state index < -0.39 is 17.8 Å². The Morgan fingerprint density at radius 2 is 1.77 bits per heavy atom. The number of aromatic nitrogens is 3. The summed E-state index contributed by atoms with van der Waals surface area (Å²) in [5, 5.41) is 8.20. The van der Waals surface area contributed by atoms with Crippen molar-refractivity contribution in [3.05, 3.63) is 89.8 Å². The summed E-state index contributed by atoms with van der Waals surface area (Å²) in [6.07, 6.45) is 2.18. The van der Waals surface area contributed by atoms with Crippen LogP contribution in [0, 0.1) is 11.6 Å². The molecule has 0 radical (unpaired) electrons. The van der Waals surface area contributed by atoms with Gasteiger partial charge in [0.2, 0.25) is 11.8 Å². The first-order valence-corrected chi connectivity index (χ1v) is 10.9. The monoisotopic (exact) mass is 493 g/mol. The molecule has 4 aromatic rings. The Balaban J connectivity index is 1.42. The Morgan fingerprint density at radius 3 is 2.54 bits per heavy atom. The van der Waals surface area contributed by atoms with Gasteiger partial charge in [-0.25, -0.2) is 28.7 Å². The van der Waals surface area contributed by atoms with Gasteiger partial charge < -0.3 is 15.8 Å². The number of ether oxygens (including phenoxy) is 1. The summed E-state index contributed by atoms with van der Waals surface area (Å²) in [6, 6.07) is 14.1. The number of fused-ring (bicyclic) bond motifs is 1. The highest BCUT2D eigenvalue weighted by atomic mass is 35.5. The number of hydrogen-bond donors (Lipinski definition) is 2. The zero-order valence-electron chi connectivity index (χ0n) is 18.3. The summed E-state index contributed by atoms with van der Waals surface area (Å²) < 4.78 is 34.7. The van der Waals surface area contributed by atoms with Gasteiger partial charge in [-0.2, -0.15) is 5.10 Å². The van der Waals surface area contributed by atoms with Crippen molar-refractivity contribution in [2.24, 2.45) is 10.8 Å². The minimum atomic E-state index is -1.07. The van der Waals surface area contributed by atoms with Gasteiger partial charge in [-0.1, -0.05) is 11.6 Å². The number of hydrogen-bond acceptors (Lipinski definition) is 8. The Hall–Kier alpha value is -4.15. The van der Waals surface area contributed by atoms with E-state index in [1.54, 1.807) is 55.8 Å². The molecule has 5 rings (SSSR count). The molecule has 2 aromatic heterocycles. The summed E-state index contributed by atoms with van der Waals surface area (Å²) in [6.45, 7) is 0. The quantitative estimate of drug-likeness (QED) is 0.402. The van der Waals surface area contributed by atoms with E-state index in [2.05, 4.69) is 25.4 Å². The minimum absolute atomic E-state index is 0.0609. The molecule has 1 aliphatic rings. The van der Waals surface area contributed by atoms with E-state index >= 15 is 0 Å². The molecule has 0 spiro atoms. The second-order valence-corrected chi connectivity index (χ2v) is 7.82. The van der Waals surface area contributed by atoms with Gasteiger partial charge in [0.05, 0.1) is 22.5 Å². The second-order valence-electron chi connectivity index (χ2n) is 7.47. The summed E-state index contributed by atoms with van der Waals surface area (Å²) in [7, 11) is 1.73. The SMILES string of the molecule is CNc1nccc(-c2cccnc2Oc2ccc(N3N=C(Cl)c4c(F)ccc(F)c4C3N)cc2)n1. The fourth-order valence-corrected chi connectivity index (χ4v) is 3.96. The molecule has 0 saturated heterocycles. The summed E-state index contributed by atoms with van der Waals surface area (Å²) in [5.74, 6) is -0.0545. The van der Waals surface area contributed by atoms with Crippen molar-refractivity contribution in [3.63, 3.8) is 0 Å². The van der Waals surface area contributed by atoms with Gasteiger partial charge in [0.25, 0.3) is 0 Å². The van der Waals surface area contributed by atoms with Gasteiger partial charge in [0, 0.05) is 25.0 Å². The first kappa shape index (κ1) is 22.6. The third-order valence-electron chi connectivity index (χ3n) is 5.34. The largest absolute Gasteiger partial charge is 0.438 e. The van der Waals surface area contributed by atoms with Crippen LogP contribution in [0.5, 0.6) is 11.6 Å². The maximum Gasteiger partial charge on any atom is 0.228 e. The molecule has 0 aliphatic carbocycles. The van der Waals surface area contributed by atoms with Crippen LogP contribution in [0.1, 0.15) is 17.3 Å². The topological polar surface area (TPSA) is 102 Å². The predicted molar refractivity (Wildman–Crippen MR) is 129 cm³/mol. The van der Waals surface area contributed by atoms with E-state index in [1.165, 1.54) is 5.01 Å². The van der Waals surface area contributed by atoms with Crippen LogP contribution in [0.25, 0.3) is 11.3 Å². The number of hydrazone groups is 1. The van der Waals surface area contributed by atoms with Crippen LogP contribution >= 0.6 is 11.6 Å². The molecule has 1 unspecified atom stereocenters. The molecular formula is C24H18ClF2N7O. The second kappa shape index (κ2) is 9.24. The van der Waals surface area contributed by atoms with Gasteiger partial charge >= 0.3 is 0 Å². The van der Waals surface area contributed by atoms with E-state index in [9.17, 15) is 8.78 Å². The number of benzene rings is 2. The van der Waals surface area contributed by atoms with Crippen LogP contribution < -0.4 is 20.8 Å². The summed E-state index contributed by atoms with van der Waals surface area (Å²) in [4.78, 5) is 12.9. The van der Waals surface area contributed by atoms with Crippen molar-refractivity contribution in [1.82, 2.24) is 15.0 Å². The maximum absolute atomic E-state index is 14.5. The van der Waals surface area contributed by atoms with Crippen molar-refractivity contribution in [3.8, 4) is 22.9 Å². The smallest absolute Gasteiger partial charge is 0.228 e. The molecule has 35 heavy (non-hydrogen) atoms. The zero-order valence-corrected chi connectivity index (χ0v) is 19.0. The van der Waals surface area contributed by atoms with Gasteiger partial charge in [-0.15, -0.1) is 0 Å². The number of halogens is 3. The molecule has 2 aromatic carbocycles. The molecule has 176 valence electrons. The average molecular weight is 494 g/mol. The number of pyridine rings is 1. The fourth-order valence-electron chi connectivity index (χ4n) is 3.69. The highest BCUT2D eigenvalue weighted by molar-refractivity contribution is 6.70. The molecule has 0 amide bonds. The summed E-state index contributed by atoms with van der Waals surface area (Å²) in [5.41, 5.74) is 7.85. The first-order chi connectivity index (χ1) is 17.0. The highest BCUT2D eigenvalue weighted by Crippen LogP contribution is 2.36. The number of nitrogens with one attached hydrogen (secondary N) is 1. The number of nitrogens with two attached hydrogens (primary N) is 1. The zero-order chi connectivity index (χ0) is 24.5. The van der Waals surface area contributed by atoms with Gasteiger partial charge in [0.1, 0.15) is 23.5 Å². The van der Waals surface area contributed by atoms with Crippen LogP contribution in [0.4, 0.5) is 20.4 Å². The number of anilines is 2. The normalized spacial score (nSPS) is 14.8. The van der Waals surface area contributed by atoms with Crippen molar-refractivity contribution in [2.75, 3.05) is 17.4 Å². The lowest BCUT2D eigenvalue weighted by atomic mass is 10.0. The lowest BCUT2D eigenvalue weighted by molar-refractivity contribution is 0.464. The Labute approximate surface area is 204 Å². The third-order valence-corrected chi connectivity index (χ3v) is 5.61. The Bertz CT molecular complexity index is 1430. The molecule has 0 saturated carbocycles. The van der Waals surface area contributed by atoms with Crippen molar-refractivity contribution >= 4 is 28.4 Å². The predicted octanol–water partition coefficient (Wildman–Crippen LogP) is 5.03. The number of rotatable bonds is 5. The van der Waals surface area contributed by atoms with Gasteiger partial charge in [-0.05, 0) is 54.6 Å². The molecular weight excluding hydrogens is 476 g/mol. The standard InChI is InChI=1S/C24H18ClF2N7O/c1-29-24-31-12-10-18(32-24)15-3-2-11-30-23(15)35-14-6-4-13(5-7-14)34-22(28)20-17(27)9-8-16(26)19(20)21(25)33-34/h2-12,22H,28H2,1H3,(H,29,31,32). The summed E-state index contributed by atoms with van der Waals surface area (Å²) >= 11 is 6.17. The number of nitrogens with zero attached hydrogens (tertiary/aromatic N) is 5. The van der Waals surface area contributed by atoms with Crippen LogP contribution in [-0.2, 0) is 0 Å². The first-order valence-electron chi connectivity index (χ1n) is 10.5. The highest BCUT2D eigenvalue weighted by Gasteiger charge is 2.31.